The van der Waals surface area contributed by atoms with Crippen molar-refractivity contribution in [3.05, 3.63) is 135 Å². The number of anilines is 1. The lowest BCUT2D eigenvalue weighted by Gasteiger charge is -2.09. The summed E-state index contributed by atoms with van der Waals surface area (Å²) in [5, 5.41) is 10.2. The lowest BCUT2D eigenvalue weighted by molar-refractivity contribution is 0.0697. The number of rotatable bonds is 12. The van der Waals surface area contributed by atoms with Gasteiger partial charge in [-0.2, -0.15) is 0 Å². The summed E-state index contributed by atoms with van der Waals surface area (Å²) >= 11 is 12.6. The Bertz CT molecular complexity index is 1930. The van der Waals surface area contributed by atoms with Gasteiger partial charge in [-0.25, -0.2) is 18.2 Å². The fraction of sp³-hybridized carbons (Fsp3) is 0.143. The quantitative estimate of drug-likeness (QED) is 0.139. The Balaban J connectivity index is 1.35. The second kappa shape index (κ2) is 14.2. The molecular weight excluding hydrogens is 629 g/mol. The van der Waals surface area contributed by atoms with E-state index in [1.807, 2.05) is 53.2 Å². The standard InChI is InChI=1S/C35H31Cl2N3O4S/c1-2-3-4-24-9-17-30(18-10-24)45(43,44)39-29-15-7-25(8-16-29)11-20-34-38-33(31-19-14-28(36)21-32(31)37)23-40(34)22-26-5-12-27(13-6-26)35(41)42/h5-21,23,39H,2-4,22H2,1H3,(H,41,42). The number of imidazole rings is 1. The summed E-state index contributed by atoms with van der Waals surface area (Å²) < 4.78 is 30.5. The summed E-state index contributed by atoms with van der Waals surface area (Å²) in [6, 6.07) is 26.0. The van der Waals surface area contributed by atoms with E-state index in [2.05, 4.69) is 11.6 Å². The zero-order chi connectivity index (χ0) is 32.0. The van der Waals surface area contributed by atoms with Gasteiger partial charge >= 0.3 is 5.97 Å². The van der Waals surface area contributed by atoms with Crippen LogP contribution in [0.25, 0.3) is 23.4 Å². The van der Waals surface area contributed by atoms with Crippen LogP contribution in [0.1, 0.15) is 52.6 Å². The first-order valence-electron chi connectivity index (χ1n) is 14.4. The van der Waals surface area contributed by atoms with Gasteiger partial charge in [-0.05, 0) is 90.2 Å². The van der Waals surface area contributed by atoms with Gasteiger partial charge in [0.1, 0.15) is 5.82 Å². The molecule has 1 heterocycles. The Morgan fingerprint density at radius 2 is 1.60 bits per heavy atom. The highest BCUT2D eigenvalue weighted by Crippen LogP contribution is 2.30. The van der Waals surface area contributed by atoms with Gasteiger partial charge in [0.05, 0.1) is 21.2 Å². The molecular formula is C35H31Cl2N3O4S. The van der Waals surface area contributed by atoms with Gasteiger partial charge in [0, 0.05) is 29.0 Å². The number of carbonyl (C=O) groups is 1. The molecule has 0 atom stereocenters. The minimum Gasteiger partial charge on any atom is -0.478 e. The van der Waals surface area contributed by atoms with Gasteiger partial charge in [0.2, 0.25) is 0 Å². The van der Waals surface area contributed by atoms with Crippen molar-refractivity contribution in [3.8, 4) is 11.3 Å². The molecule has 45 heavy (non-hydrogen) atoms. The van der Waals surface area contributed by atoms with Crippen molar-refractivity contribution in [2.24, 2.45) is 0 Å². The molecule has 7 nitrogen and oxygen atoms in total. The lowest BCUT2D eigenvalue weighted by Crippen LogP contribution is -2.12. The summed E-state index contributed by atoms with van der Waals surface area (Å²) in [5.41, 5.74) is 4.90. The van der Waals surface area contributed by atoms with Crippen LogP contribution in [0.2, 0.25) is 10.0 Å². The maximum Gasteiger partial charge on any atom is 0.335 e. The molecule has 230 valence electrons. The SMILES string of the molecule is CCCCc1ccc(S(=O)(=O)Nc2ccc(C=Cc3nc(-c4ccc(Cl)cc4Cl)cn3Cc3ccc(C(=O)O)cc3)cc2)cc1. The van der Waals surface area contributed by atoms with Crippen LogP contribution >= 0.6 is 23.2 Å². The summed E-state index contributed by atoms with van der Waals surface area (Å²) in [6.45, 7) is 2.57. The average Bonchev–Trinajstić information content (AvgIpc) is 3.41. The first kappa shape index (κ1) is 32.0. The van der Waals surface area contributed by atoms with Crippen LogP contribution in [0, 0.1) is 0 Å². The molecule has 0 aliphatic heterocycles. The number of aromatic carboxylic acids is 1. The third-order valence-electron chi connectivity index (χ3n) is 7.21. The van der Waals surface area contributed by atoms with E-state index in [0.717, 1.165) is 41.5 Å². The molecule has 0 fully saturated rings. The minimum atomic E-state index is -3.72. The van der Waals surface area contributed by atoms with E-state index < -0.39 is 16.0 Å². The Morgan fingerprint density at radius 3 is 2.24 bits per heavy atom. The number of carboxylic acid groups (broad SMARTS) is 1. The van der Waals surface area contributed by atoms with Crippen molar-refractivity contribution < 1.29 is 18.3 Å². The van der Waals surface area contributed by atoms with E-state index in [1.54, 1.807) is 60.7 Å². The van der Waals surface area contributed by atoms with E-state index in [9.17, 15) is 18.3 Å². The van der Waals surface area contributed by atoms with Crippen LogP contribution in [0.15, 0.2) is 102 Å². The number of carboxylic acids is 1. The Labute approximate surface area is 272 Å². The molecule has 0 spiro atoms. The number of aryl methyl sites for hydroxylation is 1. The highest BCUT2D eigenvalue weighted by atomic mass is 35.5. The molecule has 10 heteroatoms. The predicted molar refractivity (Wildman–Crippen MR) is 181 cm³/mol. The van der Waals surface area contributed by atoms with Crippen molar-refractivity contribution in [1.82, 2.24) is 9.55 Å². The van der Waals surface area contributed by atoms with Crippen LogP contribution in [0.5, 0.6) is 0 Å². The molecule has 2 N–H and O–H groups in total. The zero-order valence-corrected chi connectivity index (χ0v) is 26.8. The molecule has 0 radical (unpaired) electrons. The second-order valence-electron chi connectivity index (χ2n) is 10.5. The van der Waals surface area contributed by atoms with Crippen molar-refractivity contribution in [3.63, 3.8) is 0 Å². The van der Waals surface area contributed by atoms with Gasteiger partial charge in [0.15, 0.2) is 0 Å². The normalized spacial score (nSPS) is 11.6. The van der Waals surface area contributed by atoms with Crippen LogP contribution in [0.4, 0.5) is 5.69 Å². The summed E-state index contributed by atoms with van der Waals surface area (Å²) in [4.78, 5) is 16.3. The molecule has 1 aromatic heterocycles. The molecule has 4 aromatic carbocycles. The van der Waals surface area contributed by atoms with Gasteiger partial charge < -0.3 is 9.67 Å². The number of hydrogen-bond donors (Lipinski definition) is 2. The Kier molecular flexibility index (Phi) is 10.1. The van der Waals surface area contributed by atoms with Crippen LogP contribution in [-0.2, 0) is 23.0 Å². The number of hydrogen-bond acceptors (Lipinski definition) is 4. The first-order chi connectivity index (χ1) is 21.6. The highest BCUT2D eigenvalue weighted by molar-refractivity contribution is 7.92. The van der Waals surface area contributed by atoms with Crippen molar-refractivity contribution in [2.45, 2.75) is 37.6 Å². The maximum atomic E-state index is 12.9. The zero-order valence-electron chi connectivity index (χ0n) is 24.5. The highest BCUT2D eigenvalue weighted by Gasteiger charge is 2.15. The maximum absolute atomic E-state index is 12.9. The number of halogens is 2. The lowest BCUT2D eigenvalue weighted by atomic mass is 10.1. The van der Waals surface area contributed by atoms with E-state index in [1.165, 1.54) is 0 Å². The van der Waals surface area contributed by atoms with E-state index in [-0.39, 0.29) is 10.5 Å². The number of nitrogens with zero attached hydrogens (tertiary/aromatic N) is 2. The number of unbranched alkanes of at least 4 members (excludes halogenated alkanes) is 1. The largest absolute Gasteiger partial charge is 0.478 e. The van der Waals surface area contributed by atoms with E-state index in [0.29, 0.717) is 33.8 Å². The van der Waals surface area contributed by atoms with Crippen LogP contribution in [0.3, 0.4) is 0 Å². The van der Waals surface area contributed by atoms with Crippen LogP contribution in [-0.4, -0.2) is 29.0 Å². The third-order valence-corrected chi connectivity index (χ3v) is 9.15. The summed E-state index contributed by atoms with van der Waals surface area (Å²) in [5.74, 6) is -0.340. The fourth-order valence-corrected chi connectivity index (χ4v) is 6.29. The monoisotopic (exact) mass is 659 g/mol. The molecule has 5 rings (SSSR count). The average molecular weight is 661 g/mol. The molecule has 0 aliphatic rings. The molecule has 0 unspecified atom stereocenters. The molecule has 0 bridgehead atoms. The first-order valence-corrected chi connectivity index (χ1v) is 16.6. The second-order valence-corrected chi connectivity index (χ2v) is 13.1. The van der Waals surface area contributed by atoms with Crippen molar-refractivity contribution >= 4 is 57.0 Å². The van der Waals surface area contributed by atoms with Gasteiger partial charge in [-0.15, -0.1) is 0 Å². The molecule has 0 saturated heterocycles. The number of sulfonamides is 1. The van der Waals surface area contributed by atoms with Gasteiger partial charge in [0.25, 0.3) is 10.0 Å². The van der Waals surface area contributed by atoms with Gasteiger partial charge in [-0.1, -0.05) is 79.0 Å². The van der Waals surface area contributed by atoms with Gasteiger partial charge in [-0.3, -0.25) is 4.72 Å². The summed E-state index contributed by atoms with van der Waals surface area (Å²) in [6.07, 6.45) is 8.70. The third kappa shape index (κ3) is 8.22. The molecule has 0 aliphatic carbocycles. The predicted octanol–water partition coefficient (Wildman–Crippen LogP) is 8.92. The Morgan fingerprint density at radius 1 is 0.911 bits per heavy atom. The number of benzene rings is 4. The molecule has 0 amide bonds. The molecule has 5 aromatic rings. The smallest absolute Gasteiger partial charge is 0.335 e. The van der Waals surface area contributed by atoms with Crippen molar-refractivity contribution in [1.29, 1.82) is 0 Å². The Hall–Kier alpha value is -4.37. The minimum absolute atomic E-state index is 0.212. The summed E-state index contributed by atoms with van der Waals surface area (Å²) in [7, 11) is -3.72. The van der Waals surface area contributed by atoms with E-state index in [4.69, 9.17) is 28.2 Å². The topological polar surface area (TPSA) is 101 Å². The van der Waals surface area contributed by atoms with E-state index >= 15 is 0 Å². The van der Waals surface area contributed by atoms with Crippen LogP contribution < -0.4 is 4.72 Å². The number of nitrogens with one attached hydrogen (secondary N) is 1. The fourth-order valence-electron chi connectivity index (χ4n) is 4.73. The number of aromatic nitrogens is 2. The van der Waals surface area contributed by atoms with Crippen molar-refractivity contribution in [2.75, 3.05) is 4.72 Å². The molecule has 0 saturated carbocycles.